The Kier molecular flexibility index (Phi) is 3.72. The summed E-state index contributed by atoms with van der Waals surface area (Å²) in [5, 5.41) is 14.4. The first kappa shape index (κ1) is 14.4. The SMILES string of the molecule is C[C@@H]1C[C@@H]1N1C[C@H](NC(=O)Nc2cccc(C#N)c2)CC1=O. The Bertz CT molecular complexity index is 652. The van der Waals surface area contributed by atoms with Gasteiger partial charge in [-0.2, -0.15) is 5.26 Å². The van der Waals surface area contributed by atoms with Crippen molar-refractivity contribution in [2.75, 3.05) is 11.9 Å². The van der Waals surface area contributed by atoms with Gasteiger partial charge in [0.05, 0.1) is 17.7 Å². The highest BCUT2D eigenvalue weighted by Crippen LogP contribution is 2.37. The Morgan fingerprint density at radius 1 is 1.45 bits per heavy atom. The smallest absolute Gasteiger partial charge is 0.319 e. The maximum Gasteiger partial charge on any atom is 0.319 e. The van der Waals surface area contributed by atoms with Crippen LogP contribution in [0.3, 0.4) is 0 Å². The van der Waals surface area contributed by atoms with Crippen LogP contribution in [0.5, 0.6) is 0 Å². The Morgan fingerprint density at radius 3 is 2.91 bits per heavy atom. The number of nitrogens with zero attached hydrogens (tertiary/aromatic N) is 2. The first-order valence-corrected chi connectivity index (χ1v) is 7.44. The quantitative estimate of drug-likeness (QED) is 0.890. The van der Waals surface area contributed by atoms with Gasteiger partial charge < -0.3 is 15.5 Å². The van der Waals surface area contributed by atoms with Crippen LogP contribution >= 0.6 is 0 Å². The molecule has 0 spiro atoms. The van der Waals surface area contributed by atoms with Crippen molar-refractivity contribution in [3.63, 3.8) is 0 Å². The van der Waals surface area contributed by atoms with Crippen LogP contribution < -0.4 is 10.6 Å². The van der Waals surface area contributed by atoms with Gasteiger partial charge in [-0.05, 0) is 30.5 Å². The van der Waals surface area contributed by atoms with Crippen LogP contribution in [-0.4, -0.2) is 35.5 Å². The number of hydrogen-bond acceptors (Lipinski definition) is 3. The first-order chi connectivity index (χ1) is 10.6. The summed E-state index contributed by atoms with van der Waals surface area (Å²) in [6, 6.07) is 8.60. The molecule has 0 radical (unpaired) electrons. The summed E-state index contributed by atoms with van der Waals surface area (Å²) in [6.45, 7) is 2.72. The molecule has 1 aliphatic heterocycles. The van der Waals surface area contributed by atoms with E-state index < -0.39 is 0 Å². The average molecular weight is 298 g/mol. The van der Waals surface area contributed by atoms with Crippen LogP contribution in [-0.2, 0) is 4.79 Å². The van der Waals surface area contributed by atoms with Crippen LogP contribution in [0, 0.1) is 17.2 Å². The van der Waals surface area contributed by atoms with E-state index in [1.807, 2.05) is 11.0 Å². The van der Waals surface area contributed by atoms with E-state index in [1.54, 1.807) is 24.3 Å². The zero-order valence-electron chi connectivity index (χ0n) is 12.4. The van der Waals surface area contributed by atoms with E-state index in [0.29, 0.717) is 36.2 Å². The van der Waals surface area contributed by atoms with E-state index in [-0.39, 0.29) is 18.0 Å². The third-order valence-corrected chi connectivity index (χ3v) is 4.21. The second-order valence-corrected chi connectivity index (χ2v) is 6.02. The molecule has 0 unspecified atom stereocenters. The minimum atomic E-state index is -0.349. The Labute approximate surface area is 129 Å². The molecule has 114 valence electrons. The number of nitrogens with one attached hydrogen (secondary N) is 2. The van der Waals surface area contributed by atoms with Crippen molar-refractivity contribution in [2.45, 2.75) is 31.8 Å². The van der Waals surface area contributed by atoms with Crippen molar-refractivity contribution < 1.29 is 9.59 Å². The lowest BCUT2D eigenvalue weighted by molar-refractivity contribution is -0.128. The molecule has 3 rings (SSSR count). The number of benzene rings is 1. The first-order valence-electron chi connectivity index (χ1n) is 7.44. The number of likely N-dealkylation sites (tertiary alicyclic amines) is 1. The lowest BCUT2D eigenvalue weighted by Gasteiger charge is -2.17. The third kappa shape index (κ3) is 3.03. The molecular weight excluding hydrogens is 280 g/mol. The van der Waals surface area contributed by atoms with Crippen molar-refractivity contribution in [2.24, 2.45) is 5.92 Å². The van der Waals surface area contributed by atoms with E-state index in [4.69, 9.17) is 5.26 Å². The van der Waals surface area contributed by atoms with Gasteiger partial charge in [0.25, 0.3) is 0 Å². The summed E-state index contributed by atoms with van der Waals surface area (Å²) in [5.74, 6) is 0.691. The van der Waals surface area contributed by atoms with Gasteiger partial charge in [-0.15, -0.1) is 0 Å². The van der Waals surface area contributed by atoms with Gasteiger partial charge in [0.1, 0.15) is 0 Å². The molecule has 3 amide bonds. The highest BCUT2D eigenvalue weighted by molar-refractivity contribution is 5.90. The normalized spacial score (nSPS) is 26.5. The molecule has 6 heteroatoms. The monoisotopic (exact) mass is 298 g/mol. The van der Waals surface area contributed by atoms with Gasteiger partial charge >= 0.3 is 6.03 Å². The van der Waals surface area contributed by atoms with Gasteiger partial charge in [-0.25, -0.2) is 4.79 Å². The van der Waals surface area contributed by atoms with E-state index in [2.05, 4.69) is 17.6 Å². The number of rotatable bonds is 3. The maximum absolute atomic E-state index is 12.0. The molecule has 3 atom stereocenters. The van der Waals surface area contributed by atoms with Crippen LogP contribution in [0.15, 0.2) is 24.3 Å². The summed E-state index contributed by atoms with van der Waals surface area (Å²) >= 11 is 0. The minimum Gasteiger partial charge on any atom is -0.337 e. The Hall–Kier alpha value is -2.55. The summed E-state index contributed by atoms with van der Waals surface area (Å²) in [5.41, 5.74) is 1.05. The lowest BCUT2D eigenvalue weighted by Crippen LogP contribution is -2.40. The van der Waals surface area contributed by atoms with Gasteiger partial charge in [0.15, 0.2) is 0 Å². The molecule has 1 aromatic rings. The lowest BCUT2D eigenvalue weighted by atomic mass is 10.2. The molecule has 1 aromatic carbocycles. The van der Waals surface area contributed by atoms with Crippen LogP contribution in [0.2, 0.25) is 0 Å². The van der Waals surface area contributed by atoms with Crippen LogP contribution in [0.25, 0.3) is 0 Å². The largest absolute Gasteiger partial charge is 0.337 e. The number of carbonyl (C=O) groups excluding carboxylic acids is 2. The number of anilines is 1. The summed E-state index contributed by atoms with van der Waals surface area (Å²) in [6.07, 6.45) is 1.42. The fourth-order valence-electron chi connectivity index (χ4n) is 2.90. The van der Waals surface area contributed by atoms with Crippen molar-refractivity contribution in [1.82, 2.24) is 10.2 Å². The van der Waals surface area contributed by atoms with E-state index in [0.717, 1.165) is 6.42 Å². The number of nitriles is 1. The fourth-order valence-corrected chi connectivity index (χ4v) is 2.90. The highest BCUT2D eigenvalue weighted by Gasteiger charge is 2.44. The van der Waals surface area contributed by atoms with Crippen LogP contribution in [0.1, 0.15) is 25.3 Å². The van der Waals surface area contributed by atoms with Crippen LogP contribution in [0.4, 0.5) is 10.5 Å². The molecule has 0 bridgehead atoms. The average Bonchev–Trinajstić information content (AvgIpc) is 3.09. The second kappa shape index (κ2) is 5.68. The van der Waals surface area contributed by atoms with E-state index in [9.17, 15) is 9.59 Å². The zero-order valence-corrected chi connectivity index (χ0v) is 12.4. The predicted molar refractivity (Wildman–Crippen MR) is 81.0 cm³/mol. The van der Waals surface area contributed by atoms with Gasteiger partial charge in [-0.1, -0.05) is 13.0 Å². The van der Waals surface area contributed by atoms with E-state index in [1.165, 1.54) is 0 Å². The maximum atomic E-state index is 12.0. The molecule has 1 saturated carbocycles. The molecule has 1 saturated heterocycles. The topological polar surface area (TPSA) is 85.2 Å². The predicted octanol–water partition coefficient (Wildman–Crippen LogP) is 1.69. The molecule has 2 fully saturated rings. The second-order valence-electron chi connectivity index (χ2n) is 6.02. The fraction of sp³-hybridized carbons (Fsp3) is 0.438. The van der Waals surface area contributed by atoms with Gasteiger partial charge in [-0.3, -0.25) is 4.79 Å². The molecule has 1 aliphatic carbocycles. The number of carbonyl (C=O) groups is 2. The van der Waals surface area contributed by atoms with E-state index >= 15 is 0 Å². The molecule has 2 aliphatic rings. The zero-order chi connectivity index (χ0) is 15.7. The molecule has 1 heterocycles. The van der Waals surface area contributed by atoms with Crippen molar-refractivity contribution in [1.29, 1.82) is 5.26 Å². The number of hydrogen-bond donors (Lipinski definition) is 2. The molecule has 0 aromatic heterocycles. The summed E-state index contributed by atoms with van der Waals surface area (Å²) in [7, 11) is 0. The Balaban J connectivity index is 1.54. The van der Waals surface area contributed by atoms with Gasteiger partial charge in [0, 0.05) is 24.7 Å². The summed E-state index contributed by atoms with van der Waals surface area (Å²) < 4.78 is 0. The standard InChI is InChI=1S/C16H18N4O2/c1-10-5-14(10)20-9-13(7-15(20)21)19-16(22)18-12-4-2-3-11(6-12)8-17/h2-4,6,10,13-14H,5,7,9H2,1H3,(H2,18,19,22)/t10-,13-,14+/m1/s1. The highest BCUT2D eigenvalue weighted by atomic mass is 16.2. The molecular formula is C16H18N4O2. The molecule has 22 heavy (non-hydrogen) atoms. The van der Waals surface area contributed by atoms with Gasteiger partial charge in [0.2, 0.25) is 5.91 Å². The summed E-state index contributed by atoms with van der Waals surface area (Å²) in [4.78, 5) is 25.8. The number of urea groups is 1. The third-order valence-electron chi connectivity index (χ3n) is 4.21. The molecule has 2 N–H and O–H groups in total. The van der Waals surface area contributed by atoms with Crippen molar-refractivity contribution in [3.8, 4) is 6.07 Å². The van der Waals surface area contributed by atoms with Crippen molar-refractivity contribution >= 4 is 17.6 Å². The molecule has 6 nitrogen and oxygen atoms in total. The minimum absolute atomic E-state index is 0.117. The van der Waals surface area contributed by atoms with Crippen molar-refractivity contribution in [3.05, 3.63) is 29.8 Å². The number of amides is 3. The Morgan fingerprint density at radius 2 is 2.23 bits per heavy atom.